The number of anilines is 1. The molecule has 0 spiro atoms. The van der Waals surface area contributed by atoms with E-state index in [1.807, 2.05) is 0 Å². The highest BCUT2D eigenvalue weighted by atomic mass is 16.6. The second-order valence-corrected chi connectivity index (χ2v) is 6.04. The van der Waals surface area contributed by atoms with E-state index in [0.29, 0.717) is 25.9 Å². The molecule has 1 fully saturated rings. The van der Waals surface area contributed by atoms with E-state index in [0.717, 1.165) is 24.9 Å². The maximum absolute atomic E-state index is 11.9. The third-order valence-electron chi connectivity index (χ3n) is 4.13. The van der Waals surface area contributed by atoms with Crippen molar-refractivity contribution in [1.82, 2.24) is 5.32 Å². The smallest absolute Gasteiger partial charge is 0.269 e. The standard InChI is InChI=1S/C16H23N3O4/c20-15(12-16(21)8-2-1-3-9-16)18-11-10-17-13-4-6-14(7-5-13)19(22)23/h4-7,17,21H,1-3,8-12H2,(H,18,20). The summed E-state index contributed by atoms with van der Waals surface area (Å²) in [5.74, 6) is -0.139. The fourth-order valence-corrected chi connectivity index (χ4v) is 2.86. The highest BCUT2D eigenvalue weighted by Crippen LogP contribution is 2.30. The average molecular weight is 321 g/mol. The first-order valence-electron chi connectivity index (χ1n) is 7.96. The average Bonchev–Trinajstić information content (AvgIpc) is 2.52. The number of aliphatic hydroxyl groups is 1. The minimum atomic E-state index is -0.839. The normalized spacial score (nSPS) is 16.6. The van der Waals surface area contributed by atoms with Gasteiger partial charge in [-0.3, -0.25) is 14.9 Å². The van der Waals surface area contributed by atoms with E-state index in [9.17, 15) is 20.0 Å². The van der Waals surface area contributed by atoms with E-state index in [1.165, 1.54) is 12.1 Å². The zero-order valence-corrected chi connectivity index (χ0v) is 13.1. The second-order valence-electron chi connectivity index (χ2n) is 6.04. The molecule has 1 aliphatic carbocycles. The van der Waals surface area contributed by atoms with Crippen molar-refractivity contribution in [1.29, 1.82) is 0 Å². The lowest BCUT2D eigenvalue weighted by Gasteiger charge is -2.31. The SMILES string of the molecule is O=C(CC1(O)CCCCC1)NCCNc1ccc([N+](=O)[O-])cc1. The first kappa shape index (κ1) is 17.2. The highest BCUT2D eigenvalue weighted by molar-refractivity contribution is 5.77. The maximum Gasteiger partial charge on any atom is 0.269 e. The molecule has 1 aromatic rings. The molecule has 7 heteroatoms. The molecule has 0 heterocycles. The lowest BCUT2D eigenvalue weighted by molar-refractivity contribution is -0.384. The molecule has 0 aromatic heterocycles. The van der Waals surface area contributed by atoms with Crippen LogP contribution in [-0.2, 0) is 4.79 Å². The number of nitrogens with zero attached hydrogens (tertiary/aromatic N) is 1. The fourth-order valence-electron chi connectivity index (χ4n) is 2.86. The summed E-state index contributed by atoms with van der Waals surface area (Å²) in [6.07, 6.45) is 4.63. The summed E-state index contributed by atoms with van der Waals surface area (Å²) < 4.78 is 0. The molecule has 3 N–H and O–H groups in total. The van der Waals surface area contributed by atoms with Gasteiger partial charge in [-0.2, -0.15) is 0 Å². The van der Waals surface area contributed by atoms with Crippen molar-refractivity contribution >= 4 is 17.3 Å². The molecule has 0 atom stereocenters. The lowest BCUT2D eigenvalue weighted by atomic mass is 9.82. The molecule has 0 radical (unpaired) electrons. The molecular formula is C16H23N3O4. The number of hydrogen-bond acceptors (Lipinski definition) is 5. The molecule has 126 valence electrons. The quantitative estimate of drug-likeness (QED) is 0.406. The predicted molar refractivity (Wildman–Crippen MR) is 87.2 cm³/mol. The Labute approximate surface area is 135 Å². The number of nitro groups is 1. The fraction of sp³-hybridized carbons (Fsp3) is 0.562. The summed E-state index contributed by atoms with van der Waals surface area (Å²) in [5.41, 5.74) is -0.0333. The third kappa shape index (κ3) is 5.52. The number of rotatable bonds is 7. The molecule has 1 aromatic carbocycles. The molecule has 0 bridgehead atoms. The first-order chi connectivity index (χ1) is 11.0. The molecule has 0 unspecified atom stereocenters. The number of carbonyl (C=O) groups is 1. The minimum Gasteiger partial charge on any atom is -0.389 e. The largest absolute Gasteiger partial charge is 0.389 e. The molecule has 23 heavy (non-hydrogen) atoms. The summed E-state index contributed by atoms with van der Waals surface area (Å²) in [6, 6.07) is 6.12. The van der Waals surface area contributed by atoms with Gasteiger partial charge in [0.2, 0.25) is 5.91 Å². The van der Waals surface area contributed by atoms with Gasteiger partial charge in [0.15, 0.2) is 0 Å². The Balaban J connectivity index is 1.66. The van der Waals surface area contributed by atoms with Gasteiger partial charge in [0.1, 0.15) is 0 Å². The van der Waals surface area contributed by atoms with E-state index < -0.39 is 10.5 Å². The second kappa shape index (κ2) is 7.92. The van der Waals surface area contributed by atoms with E-state index in [-0.39, 0.29) is 18.0 Å². The Morgan fingerprint density at radius 1 is 1.17 bits per heavy atom. The Hall–Kier alpha value is -2.15. The number of nitrogens with one attached hydrogen (secondary N) is 2. The summed E-state index contributed by atoms with van der Waals surface area (Å²) in [4.78, 5) is 22.0. The van der Waals surface area contributed by atoms with Crippen LogP contribution in [0.1, 0.15) is 38.5 Å². The number of amides is 1. The lowest BCUT2D eigenvalue weighted by Crippen LogP contribution is -2.39. The van der Waals surface area contributed by atoms with Gasteiger partial charge in [-0.05, 0) is 25.0 Å². The van der Waals surface area contributed by atoms with E-state index in [2.05, 4.69) is 10.6 Å². The number of benzene rings is 1. The van der Waals surface area contributed by atoms with Crippen molar-refractivity contribution in [3.8, 4) is 0 Å². The van der Waals surface area contributed by atoms with Crippen molar-refractivity contribution in [2.45, 2.75) is 44.1 Å². The van der Waals surface area contributed by atoms with Gasteiger partial charge < -0.3 is 15.7 Å². The van der Waals surface area contributed by atoms with Gasteiger partial charge in [-0.25, -0.2) is 0 Å². The van der Waals surface area contributed by atoms with Gasteiger partial charge in [0.05, 0.1) is 16.9 Å². The van der Waals surface area contributed by atoms with Crippen LogP contribution in [-0.4, -0.2) is 34.6 Å². The number of carbonyl (C=O) groups excluding carboxylic acids is 1. The van der Waals surface area contributed by atoms with Crippen LogP contribution in [0.4, 0.5) is 11.4 Å². The van der Waals surface area contributed by atoms with Gasteiger partial charge in [0.25, 0.3) is 5.69 Å². The van der Waals surface area contributed by atoms with Crippen LogP contribution in [0.3, 0.4) is 0 Å². The van der Waals surface area contributed by atoms with E-state index in [1.54, 1.807) is 12.1 Å². The molecule has 0 saturated heterocycles. The van der Waals surface area contributed by atoms with Crippen molar-refractivity contribution in [2.75, 3.05) is 18.4 Å². The summed E-state index contributed by atoms with van der Waals surface area (Å²) in [7, 11) is 0. The van der Waals surface area contributed by atoms with Crippen molar-refractivity contribution < 1.29 is 14.8 Å². The molecule has 7 nitrogen and oxygen atoms in total. The molecule has 2 rings (SSSR count). The monoisotopic (exact) mass is 321 g/mol. The Bertz CT molecular complexity index is 539. The Morgan fingerprint density at radius 2 is 1.83 bits per heavy atom. The molecular weight excluding hydrogens is 298 g/mol. The molecule has 1 aliphatic rings. The van der Waals surface area contributed by atoms with Crippen LogP contribution in [0, 0.1) is 10.1 Å². The number of hydrogen-bond donors (Lipinski definition) is 3. The van der Waals surface area contributed by atoms with Crippen molar-refractivity contribution in [3.05, 3.63) is 34.4 Å². The van der Waals surface area contributed by atoms with Gasteiger partial charge in [0, 0.05) is 30.9 Å². The third-order valence-corrected chi connectivity index (χ3v) is 4.13. The summed E-state index contributed by atoms with van der Waals surface area (Å²) in [6.45, 7) is 0.952. The zero-order valence-electron chi connectivity index (χ0n) is 13.1. The first-order valence-corrected chi connectivity index (χ1v) is 7.96. The predicted octanol–water partition coefficient (Wildman–Crippen LogP) is 2.21. The van der Waals surface area contributed by atoms with Crippen molar-refractivity contribution in [3.63, 3.8) is 0 Å². The highest BCUT2D eigenvalue weighted by Gasteiger charge is 2.31. The molecule has 1 amide bonds. The van der Waals surface area contributed by atoms with Crippen LogP contribution < -0.4 is 10.6 Å². The van der Waals surface area contributed by atoms with Gasteiger partial charge in [-0.1, -0.05) is 19.3 Å². The summed E-state index contributed by atoms with van der Waals surface area (Å²) >= 11 is 0. The molecule has 1 saturated carbocycles. The molecule has 0 aliphatic heterocycles. The maximum atomic E-state index is 11.9. The number of non-ortho nitro benzene ring substituents is 1. The zero-order chi connectivity index (χ0) is 16.7. The van der Waals surface area contributed by atoms with Crippen LogP contribution in [0.25, 0.3) is 0 Å². The van der Waals surface area contributed by atoms with Gasteiger partial charge in [-0.15, -0.1) is 0 Å². The van der Waals surface area contributed by atoms with Crippen LogP contribution in [0.15, 0.2) is 24.3 Å². The summed E-state index contributed by atoms with van der Waals surface area (Å²) in [5, 5.41) is 26.7. The number of nitro benzene ring substituents is 1. The minimum absolute atomic E-state index is 0.0459. The Kier molecular flexibility index (Phi) is 5.92. The van der Waals surface area contributed by atoms with Crippen LogP contribution in [0.5, 0.6) is 0 Å². The van der Waals surface area contributed by atoms with Crippen molar-refractivity contribution in [2.24, 2.45) is 0 Å². The topological polar surface area (TPSA) is 104 Å². The van der Waals surface area contributed by atoms with Gasteiger partial charge >= 0.3 is 0 Å². The van der Waals surface area contributed by atoms with Crippen LogP contribution >= 0.6 is 0 Å². The van der Waals surface area contributed by atoms with Crippen LogP contribution in [0.2, 0.25) is 0 Å². The van der Waals surface area contributed by atoms with E-state index in [4.69, 9.17) is 0 Å². The Morgan fingerprint density at radius 3 is 2.43 bits per heavy atom. The van der Waals surface area contributed by atoms with E-state index >= 15 is 0 Å².